The number of amides is 1. The molecule has 9 heteroatoms. The van der Waals surface area contributed by atoms with Crippen molar-refractivity contribution in [1.29, 1.82) is 0 Å². The number of hydrogen-bond donors (Lipinski definition) is 1. The molecule has 1 N–H and O–H groups in total. The summed E-state index contributed by atoms with van der Waals surface area (Å²) in [5.74, 6) is 0.206. The molecule has 2 aromatic rings. The van der Waals surface area contributed by atoms with Crippen molar-refractivity contribution in [1.82, 2.24) is 18.8 Å². The fourth-order valence-electron chi connectivity index (χ4n) is 2.89. The van der Waals surface area contributed by atoms with Crippen LogP contribution in [0.5, 0.6) is 0 Å². The lowest BCUT2D eigenvalue weighted by molar-refractivity contribution is -0.131. The molecule has 3 rings (SSSR count). The van der Waals surface area contributed by atoms with Crippen LogP contribution in [0.1, 0.15) is 11.4 Å². The molecule has 1 unspecified atom stereocenters. The van der Waals surface area contributed by atoms with Gasteiger partial charge in [0, 0.05) is 32.9 Å². The van der Waals surface area contributed by atoms with E-state index in [0.717, 1.165) is 9.87 Å². The Balaban J connectivity index is 1.82. The molecule has 0 bridgehead atoms. The number of hydrogen-bond acceptors (Lipinski definition) is 5. The second-order valence-electron chi connectivity index (χ2n) is 6.45. The van der Waals surface area contributed by atoms with Crippen LogP contribution < -0.4 is 0 Å². The Morgan fingerprint density at radius 2 is 1.92 bits per heavy atom. The Hall–Kier alpha value is -2.23. The Morgan fingerprint density at radius 3 is 2.54 bits per heavy atom. The molecule has 1 fully saturated rings. The summed E-state index contributed by atoms with van der Waals surface area (Å²) in [6.45, 7) is 1.65. The van der Waals surface area contributed by atoms with Crippen LogP contribution in [0.3, 0.4) is 0 Å². The molecule has 1 atom stereocenters. The van der Waals surface area contributed by atoms with E-state index in [1.54, 1.807) is 18.5 Å². The molecule has 8 nitrogen and oxygen atoms in total. The molecule has 140 valence electrons. The first-order valence-corrected chi connectivity index (χ1v) is 9.71. The molecule has 0 saturated carbocycles. The summed E-state index contributed by atoms with van der Waals surface area (Å²) >= 11 is 0. The van der Waals surface area contributed by atoms with Crippen molar-refractivity contribution in [2.45, 2.75) is 24.6 Å². The van der Waals surface area contributed by atoms with Crippen LogP contribution in [0.4, 0.5) is 0 Å². The highest BCUT2D eigenvalue weighted by atomic mass is 32.2. The monoisotopic (exact) mass is 378 g/mol. The molecular formula is C17H22N4O4S. The van der Waals surface area contributed by atoms with Gasteiger partial charge in [-0.25, -0.2) is 13.4 Å². The highest BCUT2D eigenvalue weighted by molar-refractivity contribution is 7.89. The molecule has 26 heavy (non-hydrogen) atoms. The molecule has 1 amide bonds. The lowest BCUT2D eigenvalue weighted by atomic mass is 10.2. The van der Waals surface area contributed by atoms with Gasteiger partial charge in [0.1, 0.15) is 5.82 Å². The highest BCUT2D eigenvalue weighted by Crippen LogP contribution is 2.18. The van der Waals surface area contributed by atoms with Crippen LogP contribution in [0.2, 0.25) is 0 Å². The zero-order valence-corrected chi connectivity index (χ0v) is 15.6. The molecule has 1 aromatic heterocycles. The first-order chi connectivity index (χ1) is 12.3. The lowest BCUT2D eigenvalue weighted by Crippen LogP contribution is -2.39. The van der Waals surface area contributed by atoms with Gasteiger partial charge in [0.15, 0.2) is 5.03 Å². The van der Waals surface area contributed by atoms with Crippen molar-refractivity contribution in [2.75, 3.05) is 19.6 Å². The quantitative estimate of drug-likeness (QED) is 0.815. The van der Waals surface area contributed by atoms with E-state index >= 15 is 0 Å². The van der Waals surface area contributed by atoms with Gasteiger partial charge in [-0.3, -0.25) is 4.79 Å². The van der Waals surface area contributed by atoms with Gasteiger partial charge in [-0.1, -0.05) is 30.3 Å². The number of benzene rings is 1. The summed E-state index contributed by atoms with van der Waals surface area (Å²) in [4.78, 5) is 18.1. The summed E-state index contributed by atoms with van der Waals surface area (Å²) in [6.07, 6.45) is 0.443. The largest absolute Gasteiger partial charge is 0.390 e. The number of carbonyl (C=O) groups excluding carboxylic acids is 1. The van der Waals surface area contributed by atoms with Crippen molar-refractivity contribution in [3.8, 4) is 0 Å². The molecule has 0 spiro atoms. The van der Waals surface area contributed by atoms with E-state index in [4.69, 9.17) is 0 Å². The topological polar surface area (TPSA) is 95.7 Å². The first-order valence-electron chi connectivity index (χ1n) is 8.27. The van der Waals surface area contributed by atoms with Gasteiger partial charge in [-0.05, 0) is 12.5 Å². The minimum absolute atomic E-state index is 0.0843. The zero-order chi connectivity index (χ0) is 18.9. The standard InChI is InChI=1S/C17H22N4O4S/c1-13-18-16(11-19(13)2)26(24,25)21-10-15(22)9-20(17(23)12-21)8-14-6-4-3-5-7-14/h3-7,11,15,22H,8-10,12H2,1-2H3. The number of imidazole rings is 1. The third-order valence-electron chi connectivity index (χ3n) is 4.42. The van der Waals surface area contributed by atoms with E-state index in [0.29, 0.717) is 12.4 Å². The second-order valence-corrected chi connectivity index (χ2v) is 8.33. The van der Waals surface area contributed by atoms with Crippen molar-refractivity contribution in [2.24, 2.45) is 7.05 Å². The number of β-amino-alcohol motifs (C(OH)–C–C–N with tert-alkyl or cyclic N) is 1. The number of aliphatic hydroxyl groups excluding tert-OH is 1. The fourth-order valence-corrected chi connectivity index (χ4v) is 4.34. The van der Waals surface area contributed by atoms with E-state index < -0.39 is 16.1 Å². The van der Waals surface area contributed by atoms with E-state index in [1.165, 1.54) is 11.1 Å². The molecule has 0 aliphatic carbocycles. The van der Waals surface area contributed by atoms with Crippen LogP contribution in [-0.2, 0) is 28.4 Å². The fraction of sp³-hybridized carbons (Fsp3) is 0.412. The minimum atomic E-state index is -3.96. The maximum Gasteiger partial charge on any atom is 0.262 e. The third-order valence-corrected chi connectivity index (χ3v) is 6.10. The number of sulfonamides is 1. The Kier molecular flexibility index (Phi) is 5.12. The number of rotatable bonds is 4. The molecule has 1 aliphatic rings. The van der Waals surface area contributed by atoms with Crippen molar-refractivity contribution < 1.29 is 18.3 Å². The van der Waals surface area contributed by atoms with E-state index in [9.17, 15) is 18.3 Å². The second kappa shape index (κ2) is 7.18. The maximum absolute atomic E-state index is 12.8. The molecule has 0 radical (unpaired) electrons. The number of aromatic nitrogens is 2. The van der Waals surface area contributed by atoms with Crippen molar-refractivity contribution in [3.63, 3.8) is 0 Å². The number of aliphatic hydroxyl groups is 1. The van der Waals surface area contributed by atoms with E-state index in [2.05, 4.69) is 4.98 Å². The van der Waals surface area contributed by atoms with Gasteiger partial charge in [-0.2, -0.15) is 4.31 Å². The molecular weight excluding hydrogens is 356 g/mol. The molecule has 2 heterocycles. The number of nitrogens with zero attached hydrogens (tertiary/aromatic N) is 4. The summed E-state index contributed by atoms with van der Waals surface area (Å²) < 4.78 is 28.3. The maximum atomic E-state index is 12.8. The predicted molar refractivity (Wildman–Crippen MR) is 94.6 cm³/mol. The molecule has 1 saturated heterocycles. The predicted octanol–water partition coefficient (Wildman–Crippen LogP) is 0.123. The molecule has 1 aliphatic heterocycles. The highest BCUT2D eigenvalue weighted by Gasteiger charge is 2.35. The first kappa shape index (κ1) is 18.6. The Labute approximate surface area is 152 Å². The Morgan fingerprint density at radius 1 is 1.23 bits per heavy atom. The van der Waals surface area contributed by atoms with E-state index in [-0.39, 0.29) is 30.6 Å². The summed E-state index contributed by atoms with van der Waals surface area (Å²) in [6, 6.07) is 9.39. The number of aryl methyl sites for hydroxylation is 2. The number of carbonyl (C=O) groups is 1. The zero-order valence-electron chi connectivity index (χ0n) is 14.7. The van der Waals surface area contributed by atoms with Crippen LogP contribution in [0.15, 0.2) is 41.6 Å². The smallest absolute Gasteiger partial charge is 0.262 e. The summed E-state index contributed by atoms with van der Waals surface area (Å²) in [5.41, 5.74) is 0.921. The van der Waals surface area contributed by atoms with Gasteiger partial charge in [-0.15, -0.1) is 0 Å². The van der Waals surface area contributed by atoms with Crippen LogP contribution in [0.25, 0.3) is 0 Å². The summed E-state index contributed by atoms with van der Waals surface area (Å²) in [7, 11) is -2.26. The van der Waals surface area contributed by atoms with Gasteiger partial charge < -0.3 is 14.6 Å². The SMILES string of the molecule is Cc1nc(S(=O)(=O)N2CC(=O)N(Cc3ccccc3)CC(O)C2)cn1C. The van der Waals surface area contributed by atoms with Gasteiger partial charge in [0.05, 0.1) is 12.6 Å². The summed E-state index contributed by atoms with van der Waals surface area (Å²) in [5, 5.41) is 10.2. The average Bonchev–Trinajstić information content (AvgIpc) is 2.86. The van der Waals surface area contributed by atoms with E-state index in [1.807, 2.05) is 30.3 Å². The lowest BCUT2D eigenvalue weighted by Gasteiger charge is -2.21. The Bertz CT molecular complexity index is 875. The molecule has 1 aromatic carbocycles. The van der Waals surface area contributed by atoms with Crippen LogP contribution in [0, 0.1) is 6.92 Å². The van der Waals surface area contributed by atoms with Crippen molar-refractivity contribution >= 4 is 15.9 Å². The average molecular weight is 378 g/mol. The van der Waals surface area contributed by atoms with Crippen LogP contribution >= 0.6 is 0 Å². The third kappa shape index (κ3) is 3.79. The van der Waals surface area contributed by atoms with Gasteiger partial charge in [0.25, 0.3) is 10.0 Å². The van der Waals surface area contributed by atoms with Crippen molar-refractivity contribution in [3.05, 3.63) is 47.9 Å². The van der Waals surface area contributed by atoms with Gasteiger partial charge in [0.2, 0.25) is 5.91 Å². The van der Waals surface area contributed by atoms with Crippen LogP contribution in [-0.4, -0.2) is 63.9 Å². The normalized spacial score (nSPS) is 19.6. The van der Waals surface area contributed by atoms with Gasteiger partial charge >= 0.3 is 0 Å². The minimum Gasteiger partial charge on any atom is -0.390 e.